The van der Waals surface area contributed by atoms with E-state index in [0.717, 1.165) is 4.47 Å². The molecule has 1 aromatic heterocycles. The molecule has 1 heterocycles. The van der Waals surface area contributed by atoms with Gasteiger partial charge in [0.2, 0.25) is 0 Å². The molecule has 0 bridgehead atoms. The predicted octanol–water partition coefficient (Wildman–Crippen LogP) is 4.79. The highest BCUT2D eigenvalue weighted by molar-refractivity contribution is 9.10. The van der Waals surface area contributed by atoms with E-state index in [0.29, 0.717) is 23.1 Å². The normalized spacial score (nSPS) is 10.4. The molecule has 94 valence electrons. The van der Waals surface area contributed by atoms with Gasteiger partial charge in [0.1, 0.15) is 11.6 Å². The molecule has 0 aliphatic heterocycles. The van der Waals surface area contributed by atoms with Gasteiger partial charge in [0, 0.05) is 12.7 Å². The van der Waals surface area contributed by atoms with E-state index in [9.17, 15) is 4.39 Å². The average Bonchev–Trinajstić information content (AvgIpc) is 2.34. The third kappa shape index (κ3) is 2.65. The third-order valence-corrected chi connectivity index (χ3v) is 3.29. The van der Waals surface area contributed by atoms with Gasteiger partial charge in [-0.2, -0.15) is 0 Å². The lowest BCUT2D eigenvalue weighted by Crippen LogP contribution is -2.19. The van der Waals surface area contributed by atoms with Crippen molar-refractivity contribution in [2.24, 2.45) is 0 Å². The van der Waals surface area contributed by atoms with Crippen LogP contribution < -0.4 is 4.90 Å². The van der Waals surface area contributed by atoms with Crippen molar-refractivity contribution in [1.29, 1.82) is 0 Å². The molecule has 0 aliphatic carbocycles. The van der Waals surface area contributed by atoms with Crippen LogP contribution in [0.15, 0.2) is 41.0 Å². The highest BCUT2D eigenvalue weighted by Crippen LogP contribution is 2.32. The third-order valence-electron chi connectivity index (χ3n) is 2.50. The van der Waals surface area contributed by atoms with Crippen LogP contribution in [0.2, 0.25) is 5.02 Å². The number of nitrogens with zero attached hydrogens (tertiary/aromatic N) is 2. The van der Waals surface area contributed by atoms with Crippen molar-refractivity contribution in [2.75, 3.05) is 11.4 Å². The molecule has 0 atom stereocenters. The fourth-order valence-corrected chi connectivity index (χ4v) is 2.56. The van der Waals surface area contributed by atoms with Crippen LogP contribution in [0.4, 0.5) is 15.9 Å². The summed E-state index contributed by atoms with van der Waals surface area (Å²) in [6.45, 7) is 2.54. The first-order valence-electron chi connectivity index (χ1n) is 5.46. The summed E-state index contributed by atoms with van der Waals surface area (Å²) in [5, 5.41) is 0.537. The van der Waals surface area contributed by atoms with E-state index in [-0.39, 0.29) is 5.82 Å². The summed E-state index contributed by atoms with van der Waals surface area (Å²) in [7, 11) is 0. The van der Waals surface area contributed by atoms with Crippen LogP contribution in [0, 0.1) is 5.82 Å². The van der Waals surface area contributed by atoms with Crippen LogP contribution in [-0.4, -0.2) is 11.5 Å². The molecule has 0 aliphatic rings. The van der Waals surface area contributed by atoms with Crippen molar-refractivity contribution in [2.45, 2.75) is 6.92 Å². The first-order valence-corrected chi connectivity index (χ1v) is 6.63. The van der Waals surface area contributed by atoms with Gasteiger partial charge in [-0.3, -0.25) is 0 Å². The van der Waals surface area contributed by atoms with Gasteiger partial charge in [0.05, 0.1) is 15.2 Å². The first-order chi connectivity index (χ1) is 8.63. The second-order valence-electron chi connectivity index (χ2n) is 3.65. The summed E-state index contributed by atoms with van der Waals surface area (Å²) in [5.74, 6) is 0.370. The molecule has 0 radical (unpaired) electrons. The lowest BCUT2D eigenvalue weighted by molar-refractivity contribution is 0.625. The lowest BCUT2D eigenvalue weighted by Gasteiger charge is -2.23. The maximum absolute atomic E-state index is 13.8. The zero-order chi connectivity index (χ0) is 13.1. The van der Waals surface area contributed by atoms with E-state index in [2.05, 4.69) is 20.9 Å². The Bertz CT molecular complexity index is 562. The highest BCUT2D eigenvalue weighted by Gasteiger charge is 2.15. The Morgan fingerprint density at radius 3 is 2.72 bits per heavy atom. The van der Waals surface area contributed by atoms with E-state index in [4.69, 9.17) is 11.6 Å². The minimum Gasteiger partial charge on any atom is -0.323 e. The van der Waals surface area contributed by atoms with Gasteiger partial charge in [-0.15, -0.1) is 0 Å². The van der Waals surface area contributed by atoms with E-state index in [1.807, 2.05) is 6.92 Å². The summed E-state index contributed by atoms with van der Waals surface area (Å²) in [6.07, 6.45) is 1.55. The Morgan fingerprint density at radius 1 is 1.39 bits per heavy atom. The molecule has 18 heavy (non-hydrogen) atoms. The lowest BCUT2D eigenvalue weighted by atomic mass is 10.2. The molecular weight excluding hydrogens is 319 g/mol. The Morgan fingerprint density at radius 2 is 2.11 bits per heavy atom. The molecule has 0 saturated heterocycles. The maximum Gasteiger partial charge on any atom is 0.147 e. The van der Waals surface area contributed by atoms with Crippen LogP contribution in [0.1, 0.15) is 6.92 Å². The molecule has 2 aromatic rings. The van der Waals surface area contributed by atoms with Crippen molar-refractivity contribution >= 4 is 39.0 Å². The molecule has 0 fully saturated rings. The van der Waals surface area contributed by atoms with E-state index in [1.165, 1.54) is 6.07 Å². The zero-order valence-electron chi connectivity index (χ0n) is 9.70. The van der Waals surface area contributed by atoms with Gasteiger partial charge in [-0.1, -0.05) is 23.7 Å². The minimum absolute atomic E-state index is 0.275. The summed E-state index contributed by atoms with van der Waals surface area (Å²) in [6, 6.07) is 8.36. The largest absolute Gasteiger partial charge is 0.323 e. The molecular formula is C13H11BrClFN2. The van der Waals surface area contributed by atoms with Crippen LogP contribution in [0.3, 0.4) is 0 Å². The smallest absolute Gasteiger partial charge is 0.147 e. The van der Waals surface area contributed by atoms with Crippen molar-refractivity contribution in [3.8, 4) is 0 Å². The fraction of sp³-hybridized carbons (Fsp3) is 0.154. The van der Waals surface area contributed by atoms with Crippen LogP contribution in [0.5, 0.6) is 0 Å². The quantitative estimate of drug-likeness (QED) is 0.804. The fourth-order valence-electron chi connectivity index (χ4n) is 1.71. The van der Waals surface area contributed by atoms with Crippen molar-refractivity contribution in [1.82, 2.24) is 4.98 Å². The summed E-state index contributed by atoms with van der Waals surface area (Å²) in [5.41, 5.74) is 0.496. The van der Waals surface area contributed by atoms with Gasteiger partial charge in [0.25, 0.3) is 0 Å². The predicted molar refractivity (Wildman–Crippen MR) is 76.0 cm³/mol. The number of para-hydroxylation sites is 1. The minimum atomic E-state index is -0.275. The van der Waals surface area contributed by atoms with Crippen molar-refractivity contribution in [3.63, 3.8) is 0 Å². The van der Waals surface area contributed by atoms with Crippen molar-refractivity contribution < 1.29 is 4.39 Å². The molecule has 0 saturated carbocycles. The number of halogens is 3. The molecule has 0 unspecified atom stereocenters. The maximum atomic E-state index is 13.8. The second kappa shape index (κ2) is 5.67. The molecule has 2 rings (SSSR count). The Balaban J connectivity index is 2.49. The molecule has 5 heteroatoms. The van der Waals surface area contributed by atoms with Gasteiger partial charge < -0.3 is 4.90 Å². The topological polar surface area (TPSA) is 16.1 Å². The Kier molecular flexibility index (Phi) is 4.19. The number of benzene rings is 1. The van der Waals surface area contributed by atoms with Crippen molar-refractivity contribution in [3.05, 3.63) is 51.8 Å². The highest BCUT2D eigenvalue weighted by atomic mass is 79.9. The molecule has 0 amide bonds. The van der Waals surface area contributed by atoms with Gasteiger partial charge >= 0.3 is 0 Å². The van der Waals surface area contributed by atoms with Crippen LogP contribution in [-0.2, 0) is 0 Å². The van der Waals surface area contributed by atoms with E-state index in [1.54, 1.807) is 35.4 Å². The van der Waals surface area contributed by atoms with Crippen LogP contribution in [0.25, 0.3) is 0 Å². The number of hydrogen-bond donors (Lipinski definition) is 0. The van der Waals surface area contributed by atoms with Gasteiger partial charge in [0.15, 0.2) is 0 Å². The summed E-state index contributed by atoms with van der Waals surface area (Å²) < 4.78 is 14.5. The average molecular weight is 330 g/mol. The first kappa shape index (κ1) is 13.3. The molecule has 0 spiro atoms. The van der Waals surface area contributed by atoms with Gasteiger partial charge in [-0.05, 0) is 41.1 Å². The SMILES string of the molecule is CCN(c1ccccc1F)c1ncc(Cl)cc1Br. The Hall–Kier alpha value is -1.13. The number of rotatable bonds is 3. The number of anilines is 2. The number of pyridine rings is 1. The van der Waals surface area contributed by atoms with E-state index < -0.39 is 0 Å². The zero-order valence-corrected chi connectivity index (χ0v) is 12.0. The second-order valence-corrected chi connectivity index (χ2v) is 4.95. The molecule has 2 nitrogen and oxygen atoms in total. The van der Waals surface area contributed by atoms with Crippen LogP contribution >= 0.6 is 27.5 Å². The standard InChI is InChI=1S/C13H11BrClFN2/c1-2-18(12-6-4-3-5-11(12)16)13-10(14)7-9(15)8-17-13/h3-8H,2H2,1H3. The Labute approximate surface area is 119 Å². The summed E-state index contributed by atoms with van der Waals surface area (Å²) >= 11 is 9.26. The van der Waals surface area contributed by atoms with Gasteiger partial charge in [-0.25, -0.2) is 9.37 Å². The number of aromatic nitrogens is 1. The monoisotopic (exact) mass is 328 g/mol. The summed E-state index contributed by atoms with van der Waals surface area (Å²) in [4.78, 5) is 6.03. The molecule has 1 aromatic carbocycles. The van der Waals surface area contributed by atoms with E-state index >= 15 is 0 Å². The molecule has 0 N–H and O–H groups in total. The number of hydrogen-bond acceptors (Lipinski definition) is 2.